The van der Waals surface area contributed by atoms with Crippen LogP contribution < -0.4 is 4.74 Å². The fraction of sp³-hybridized carbons (Fsp3) is 0.652. The summed E-state index contributed by atoms with van der Waals surface area (Å²) >= 11 is 0. The standard InChI is InChI=1S/C23H32O/c1-15-12-17(24-6)13-16-14-19-22(4)10-7-9-21(2,3)18(22)8-11-23(19,5)20(15)16/h12-14,18H,7-11H2,1-6H3/t18?,22-,23+/m0/s1. The molecule has 0 amide bonds. The van der Waals surface area contributed by atoms with Crippen molar-refractivity contribution < 1.29 is 4.74 Å². The molecular formula is C23H32O. The molecule has 2 fully saturated rings. The van der Waals surface area contributed by atoms with Gasteiger partial charge in [-0.05, 0) is 78.2 Å². The first-order valence-corrected chi connectivity index (χ1v) is 9.64. The van der Waals surface area contributed by atoms with Crippen molar-refractivity contribution in [2.75, 3.05) is 7.11 Å². The molecule has 0 bridgehead atoms. The molecule has 1 aromatic rings. The van der Waals surface area contributed by atoms with Crippen LogP contribution in [-0.4, -0.2) is 7.11 Å². The number of allylic oxidation sites excluding steroid dienone is 1. The molecule has 1 heteroatoms. The number of rotatable bonds is 1. The third kappa shape index (κ3) is 1.93. The van der Waals surface area contributed by atoms with Crippen LogP contribution in [0.25, 0.3) is 6.08 Å². The highest BCUT2D eigenvalue weighted by Crippen LogP contribution is 2.67. The molecular weight excluding hydrogens is 292 g/mol. The highest BCUT2D eigenvalue weighted by atomic mass is 16.5. The SMILES string of the molecule is COc1cc(C)c2c(c1)C=C1[C@@]2(C)CCC2C(C)(C)CCC[C@]12C. The zero-order valence-electron chi connectivity index (χ0n) is 16.3. The lowest BCUT2D eigenvalue weighted by Crippen LogP contribution is -2.50. The van der Waals surface area contributed by atoms with Gasteiger partial charge in [-0.15, -0.1) is 0 Å². The van der Waals surface area contributed by atoms with Crippen molar-refractivity contribution in [3.63, 3.8) is 0 Å². The minimum atomic E-state index is 0.227. The molecule has 0 N–H and O–H groups in total. The van der Waals surface area contributed by atoms with Gasteiger partial charge >= 0.3 is 0 Å². The Labute approximate surface area is 147 Å². The Balaban J connectivity index is 1.89. The van der Waals surface area contributed by atoms with Gasteiger partial charge in [0.1, 0.15) is 5.75 Å². The van der Waals surface area contributed by atoms with E-state index in [4.69, 9.17) is 4.74 Å². The molecule has 0 radical (unpaired) electrons. The lowest BCUT2D eigenvalue weighted by Gasteiger charge is -2.59. The molecule has 3 aliphatic rings. The fourth-order valence-corrected chi connectivity index (χ4v) is 6.86. The van der Waals surface area contributed by atoms with Crippen LogP contribution in [0.15, 0.2) is 17.7 Å². The van der Waals surface area contributed by atoms with E-state index in [2.05, 4.69) is 52.8 Å². The summed E-state index contributed by atoms with van der Waals surface area (Å²) in [7, 11) is 1.78. The van der Waals surface area contributed by atoms with E-state index in [1.54, 1.807) is 18.2 Å². The van der Waals surface area contributed by atoms with Crippen LogP contribution >= 0.6 is 0 Å². The highest BCUT2D eigenvalue weighted by Gasteiger charge is 2.57. The van der Waals surface area contributed by atoms with Gasteiger partial charge in [-0.25, -0.2) is 0 Å². The summed E-state index contributed by atoms with van der Waals surface area (Å²) in [6.45, 7) is 12.4. The van der Waals surface area contributed by atoms with Gasteiger partial charge in [0.15, 0.2) is 0 Å². The summed E-state index contributed by atoms with van der Waals surface area (Å²) in [4.78, 5) is 0. The van der Waals surface area contributed by atoms with E-state index in [9.17, 15) is 0 Å². The number of methoxy groups -OCH3 is 1. The van der Waals surface area contributed by atoms with Crippen LogP contribution in [0.2, 0.25) is 0 Å². The first-order chi connectivity index (χ1) is 11.2. The van der Waals surface area contributed by atoms with Crippen LogP contribution in [0, 0.1) is 23.7 Å². The van der Waals surface area contributed by atoms with Crippen LogP contribution in [0.5, 0.6) is 5.75 Å². The van der Waals surface area contributed by atoms with Gasteiger partial charge in [0, 0.05) is 5.41 Å². The average molecular weight is 325 g/mol. The highest BCUT2D eigenvalue weighted by molar-refractivity contribution is 5.74. The number of ether oxygens (including phenoxy) is 1. The summed E-state index contributed by atoms with van der Waals surface area (Å²) in [5, 5.41) is 0. The van der Waals surface area contributed by atoms with Gasteiger partial charge in [0.25, 0.3) is 0 Å². The van der Waals surface area contributed by atoms with E-state index in [1.165, 1.54) is 43.2 Å². The third-order valence-corrected chi connectivity index (χ3v) is 7.80. The largest absolute Gasteiger partial charge is 0.497 e. The van der Waals surface area contributed by atoms with Gasteiger partial charge in [-0.3, -0.25) is 0 Å². The Morgan fingerprint density at radius 3 is 2.50 bits per heavy atom. The zero-order chi connectivity index (χ0) is 17.3. The Kier molecular flexibility index (Phi) is 3.31. The molecule has 130 valence electrons. The quantitative estimate of drug-likeness (QED) is 0.590. The van der Waals surface area contributed by atoms with Crippen molar-refractivity contribution >= 4 is 6.08 Å². The minimum Gasteiger partial charge on any atom is -0.497 e. The second-order valence-electron chi connectivity index (χ2n) is 9.65. The van der Waals surface area contributed by atoms with Gasteiger partial charge < -0.3 is 4.74 Å². The summed E-state index contributed by atoms with van der Waals surface area (Å²) in [5.74, 6) is 1.81. The maximum atomic E-state index is 5.54. The second kappa shape index (κ2) is 4.90. The van der Waals surface area contributed by atoms with E-state index in [0.717, 1.165) is 11.7 Å². The number of hydrogen-bond donors (Lipinski definition) is 0. The molecule has 3 aliphatic carbocycles. The number of fused-ring (bicyclic) bond motifs is 5. The van der Waals surface area contributed by atoms with Crippen molar-refractivity contribution in [2.24, 2.45) is 16.7 Å². The third-order valence-electron chi connectivity index (χ3n) is 7.80. The van der Waals surface area contributed by atoms with E-state index in [1.807, 2.05) is 0 Å². The Morgan fingerprint density at radius 2 is 1.79 bits per heavy atom. The zero-order valence-corrected chi connectivity index (χ0v) is 16.3. The second-order valence-corrected chi connectivity index (χ2v) is 9.65. The molecule has 0 heterocycles. The maximum absolute atomic E-state index is 5.54. The summed E-state index contributed by atoms with van der Waals surface area (Å²) < 4.78 is 5.54. The van der Waals surface area contributed by atoms with E-state index in [0.29, 0.717) is 10.8 Å². The number of benzene rings is 1. The van der Waals surface area contributed by atoms with Crippen LogP contribution in [0.3, 0.4) is 0 Å². The predicted octanol–water partition coefficient (Wildman–Crippen LogP) is 6.28. The first kappa shape index (κ1) is 16.2. The minimum absolute atomic E-state index is 0.227. The lowest BCUT2D eigenvalue weighted by atomic mass is 9.45. The molecule has 1 unspecified atom stereocenters. The van der Waals surface area contributed by atoms with Crippen LogP contribution in [0.1, 0.15) is 76.5 Å². The molecule has 1 aromatic carbocycles. The molecule has 4 rings (SSSR count). The van der Waals surface area contributed by atoms with Crippen molar-refractivity contribution in [1.29, 1.82) is 0 Å². The topological polar surface area (TPSA) is 9.23 Å². The average Bonchev–Trinajstić information content (AvgIpc) is 2.80. The van der Waals surface area contributed by atoms with Crippen LogP contribution in [0.4, 0.5) is 0 Å². The molecule has 2 saturated carbocycles. The summed E-state index contributed by atoms with van der Waals surface area (Å²) in [6.07, 6.45) is 9.30. The Morgan fingerprint density at radius 1 is 1.04 bits per heavy atom. The normalized spacial score (nSPS) is 36.4. The van der Waals surface area contributed by atoms with Gasteiger partial charge in [0.05, 0.1) is 7.11 Å². The summed E-state index contributed by atoms with van der Waals surface area (Å²) in [6, 6.07) is 4.48. The molecule has 0 saturated heterocycles. The summed E-state index contributed by atoms with van der Waals surface area (Å²) in [5.41, 5.74) is 7.14. The van der Waals surface area contributed by atoms with Gasteiger partial charge in [-0.1, -0.05) is 45.8 Å². The van der Waals surface area contributed by atoms with Crippen molar-refractivity contribution in [1.82, 2.24) is 0 Å². The Hall–Kier alpha value is -1.24. The van der Waals surface area contributed by atoms with E-state index < -0.39 is 0 Å². The molecule has 1 nitrogen and oxygen atoms in total. The van der Waals surface area contributed by atoms with Crippen molar-refractivity contribution in [3.8, 4) is 5.75 Å². The first-order valence-electron chi connectivity index (χ1n) is 9.64. The molecule has 0 spiro atoms. The Bertz CT molecular complexity index is 726. The molecule has 0 aliphatic heterocycles. The fourth-order valence-electron chi connectivity index (χ4n) is 6.86. The lowest BCUT2D eigenvalue weighted by molar-refractivity contribution is -0.0102. The maximum Gasteiger partial charge on any atom is 0.119 e. The monoisotopic (exact) mass is 324 g/mol. The van der Waals surface area contributed by atoms with Crippen molar-refractivity contribution in [3.05, 3.63) is 34.4 Å². The van der Waals surface area contributed by atoms with E-state index in [-0.39, 0.29) is 5.41 Å². The number of hydrogen-bond acceptors (Lipinski definition) is 1. The number of aryl methyl sites for hydroxylation is 1. The molecule has 3 atom stereocenters. The molecule has 0 aromatic heterocycles. The van der Waals surface area contributed by atoms with Gasteiger partial charge in [-0.2, -0.15) is 0 Å². The molecule has 24 heavy (non-hydrogen) atoms. The van der Waals surface area contributed by atoms with Crippen molar-refractivity contribution in [2.45, 2.75) is 72.1 Å². The van der Waals surface area contributed by atoms with Gasteiger partial charge in [0.2, 0.25) is 0 Å². The van der Waals surface area contributed by atoms with E-state index >= 15 is 0 Å². The predicted molar refractivity (Wildman–Crippen MR) is 102 cm³/mol. The smallest absolute Gasteiger partial charge is 0.119 e. The van der Waals surface area contributed by atoms with Crippen LogP contribution in [-0.2, 0) is 5.41 Å².